The molecule has 0 aliphatic heterocycles. The largest absolute Gasteiger partial charge is 0.377 e. The maximum Gasteiger partial charge on any atom is 0.158 e. The normalized spacial score (nSPS) is 10.9. The van der Waals surface area contributed by atoms with Crippen molar-refractivity contribution in [1.29, 1.82) is 0 Å². The molecule has 0 bridgehead atoms. The molecular formula is C10H14N4O. The summed E-state index contributed by atoms with van der Waals surface area (Å²) < 4.78 is 5.03. The SMILES string of the molecule is COCc1nc(N(C)C)c2cc[nH]c2n1. The first-order valence-electron chi connectivity index (χ1n) is 4.72. The van der Waals surface area contributed by atoms with Crippen LogP contribution in [0, 0.1) is 0 Å². The van der Waals surface area contributed by atoms with E-state index in [-0.39, 0.29) is 0 Å². The molecule has 0 fully saturated rings. The van der Waals surface area contributed by atoms with Gasteiger partial charge >= 0.3 is 0 Å². The predicted octanol–water partition coefficient (Wildman–Crippen LogP) is 1.17. The molecular weight excluding hydrogens is 192 g/mol. The van der Waals surface area contributed by atoms with Crippen LogP contribution in [0.15, 0.2) is 12.3 Å². The molecule has 5 nitrogen and oxygen atoms in total. The standard InChI is InChI=1S/C10H14N4O/c1-14(2)10-7-4-5-11-9(7)12-8(13-10)6-15-3/h4-5H,6H2,1-3H3,(H,11,12,13). The highest BCUT2D eigenvalue weighted by Crippen LogP contribution is 2.21. The average molecular weight is 206 g/mol. The lowest BCUT2D eigenvalue weighted by Crippen LogP contribution is -2.13. The van der Waals surface area contributed by atoms with Crippen LogP contribution in [-0.2, 0) is 11.3 Å². The van der Waals surface area contributed by atoms with Crippen LogP contribution in [0.1, 0.15) is 5.82 Å². The second-order valence-corrected chi connectivity index (χ2v) is 3.53. The van der Waals surface area contributed by atoms with E-state index < -0.39 is 0 Å². The number of rotatable bonds is 3. The van der Waals surface area contributed by atoms with E-state index in [1.54, 1.807) is 7.11 Å². The van der Waals surface area contributed by atoms with Crippen molar-refractivity contribution in [2.24, 2.45) is 0 Å². The summed E-state index contributed by atoms with van der Waals surface area (Å²) in [5.41, 5.74) is 0.848. The molecule has 0 saturated heterocycles. The third kappa shape index (κ3) is 1.78. The summed E-state index contributed by atoms with van der Waals surface area (Å²) >= 11 is 0. The number of aromatic nitrogens is 3. The summed E-state index contributed by atoms with van der Waals surface area (Å²) in [5.74, 6) is 1.60. The van der Waals surface area contributed by atoms with Crippen LogP contribution in [0.3, 0.4) is 0 Å². The van der Waals surface area contributed by atoms with Crippen molar-refractivity contribution in [2.75, 3.05) is 26.1 Å². The highest BCUT2D eigenvalue weighted by atomic mass is 16.5. The second kappa shape index (κ2) is 3.86. The maximum absolute atomic E-state index is 5.03. The zero-order valence-electron chi connectivity index (χ0n) is 9.11. The molecule has 80 valence electrons. The number of nitrogens with one attached hydrogen (secondary N) is 1. The van der Waals surface area contributed by atoms with Gasteiger partial charge in [-0.2, -0.15) is 0 Å². The number of H-pyrrole nitrogens is 1. The Hall–Kier alpha value is -1.62. The number of fused-ring (bicyclic) bond motifs is 1. The first-order chi connectivity index (χ1) is 7.22. The van der Waals surface area contributed by atoms with Gasteiger partial charge in [0.25, 0.3) is 0 Å². The van der Waals surface area contributed by atoms with Crippen LogP contribution >= 0.6 is 0 Å². The van der Waals surface area contributed by atoms with Gasteiger partial charge in [-0.15, -0.1) is 0 Å². The van der Waals surface area contributed by atoms with Gasteiger partial charge in [0.1, 0.15) is 18.1 Å². The molecule has 2 heterocycles. The van der Waals surface area contributed by atoms with Crippen molar-refractivity contribution in [3.05, 3.63) is 18.1 Å². The molecule has 0 saturated carbocycles. The molecule has 0 atom stereocenters. The summed E-state index contributed by atoms with van der Waals surface area (Å²) in [5, 5.41) is 1.03. The second-order valence-electron chi connectivity index (χ2n) is 3.53. The van der Waals surface area contributed by atoms with Crippen molar-refractivity contribution in [3.63, 3.8) is 0 Å². The Labute approximate surface area is 88.1 Å². The van der Waals surface area contributed by atoms with E-state index in [0.717, 1.165) is 16.9 Å². The Morgan fingerprint density at radius 1 is 1.40 bits per heavy atom. The molecule has 2 aromatic rings. The number of aromatic amines is 1. The number of hydrogen-bond acceptors (Lipinski definition) is 4. The number of methoxy groups -OCH3 is 1. The number of ether oxygens (including phenoxy) is 1. The fourth-order valence-electron chi connectivity index (χ4n) is 1.50. The van der Waals surface area contributed by atoms with Crippen LogP contribution in [0.2, 0.25) is 0 Å². The highest BCUT2D eigenvalue weighted by molar-refractivity contribution is 5.87. The van der Waals surface area contributed by atoms with Gasteiger partial charge in [0.05, 0.1) is 5.39 Å². The number of anilines is 1. The van der Waals surface area contributed by atoms with Gasteiger partial charge in [-0.25, -0.2) is 9.97 Å². The molecule has 2 aromatic heterocycles. The van der Waals surface area contributed by atoms with Crippen molar-refractivity contribution in [2.45, 2.75) is 6.61 Å². The lowest BCUT2D eigenvalue weighted by atomic mass is 10.3. The van der Waals surface area contributed by atoms with Crippen LogP contribution in [0.25, 0.3) is 11.0 Å². The third-order valence-corrected chi connectivity index (χ3v) is 2.14. The van der Waals surface area contributed by atoms with E-state index >= 15 is 0 Å². The Morgan fingerprint density at radius 2 is 2.20 bits per heavy atom. The van der Waals surface area contributed by atoms with E-state index in [1.807, 2.05) is 31.3 Å². The molecule has 1 N–H and O–H groups in total. The van der Waals surface area contributed by atoms with Gasteiger partial charge in [0, 0.05) is 27.4 Å². The summed E-state index contributed by atoms with van der Waals surface area (Å²) in [6, 6.07) is 1.97. The van der Waals surface area contributed by atoms with Gasteiger partial charge in [0.2, 0.25) is 0 Å². The quantitative estimate of drug-likeness (QED) is 0.819. The Morgan fingerprint density at radius 3 is 2.87 bits per heavy atom. The smallest absolute Gasteiger partial charge is 0.158 e. The van der Waals surface area contributed by atoms with Crippen LogP contribution < -0.4 is 4.90 Å². The Balaban J connectivity index is 2.58. The van der Waals surface area contributed by atoms with E-state index in [2.05, 4.69) is 15.0 Å². The topological polar surface area (TPSA) is 54.0 Å². The van der Waals surface area contributed by atoms with Gasteiger partial charge in [-0.05, 0) is 6.07 Å². The van der Waals surface area contributed by atoms with Gasteiger partial charge < -0.3 is 14.6 Å². The van der Waals surface area contributed by atoms with Gasteiger partial charge in [-0.3, -0.25) is 0 Å². The van der Waals surface area contributed by atoms with Gasteiger partial charge in [-0.1, -0.05) is 0 Å². The zero-order valence-corrected chi connectivity index (χ0v) is 9.11. The maximum atomic E-state index is 5.03. The summed E-state index contributed by atoms with van der Waals surface area (Å²) in [7, 11) is 5.56. The molecule has 2 rings (SSSR count). The van der Waals surface area contributed by atoms with E-state index in [9.17, 15) is 0 Å². The highest BCUT2D eigenvalue weighted by Gasteiger charge is 2.09. The van der Waals surface area contributed by atoms with Crippen molar-refractivity contribution >= 4 is 16.9 Å². The first-order valence-corrected chi connectivity index (χ1v) is 4.72. The average Bonchev–Trinajstić information content (AvgIpc) is 2.64. The molecule has 0 aliphatic rings. The number of nitrogens with zero attached hydrogens (tertiary/aromatic N) is 3. The van der Waals surface area contributed by atoms with E-state index in [0.29, 0.717) is 12.4 Å². The molecule has 0 aliphatic carbocycles. The summed E-state index contributed by atoms with van der Waals surface area (Å²) in [4.78, 5) is 13.8. The molecule has 0 aromatic carbocycles. The summed E-state index contributed by atoms with van der Waals surface area (Å²) in [6.45, 7) is 0.426. The Kier molecular flexibility index (Phi) is 2.55. The Bertz CT molecular complexity index is 463. The fourth-order valence-corrected chi connectivity index (χ4v) is 1.50. The fraction of sp³-hybridized carbons (Fsp3) is 0.400. The molecule has 0 unspecified atom stereocenters. The van der Waals surface area contributed by atoms with Crippen LogP contribution in [0.5, 0.6) is 0 Å². The van der Waals surface area contributed by atoms with Crippen LogP contribution in [-0.4, -0.2) is 36.2 Å². The monoisotopic (exact) mass is 206 g/mol. The third-order valence-electron chi connectivity index (χ3n) is 2.14. The lowest BCUT2D eigenvalue weighted by Gasteiger charge is -2.13. The van der Waals surface area contributed by atoms with Gasteiger partial charge in [0.15, 0.2) is 5.82 Å². The lowest BCUT2D eigenvalue weighted by molar-refractivity contribution is 0.178. The minimum Gasteiger partial charge on any atom is -0.377 e. The van der Waals surface area contributed by atoms with Crippen molar-refractivity contribution in [1.82, 2.24) is 15.0 Å². The molecule has 0 radical (unpaired) electrons. The first kappa shape index (κ1) is 9.92. The van der Waals surface area contributed by atoms with Crippen molar-refractivity contribution in [3.8, 4) is 0 Å². The van der Waals surface area contributed by atoms with Crippen molar-refractivity contribution < 1.29 is 4.74 Å². The number of hydrogen-bond donors (Lipinski definition) is 1. The minimum absolute atomic E-state index is 0.426. The van der Waals surface area contributed by atoms with E-state index in [1.165, 1.54) is 0 Å². The predicted molar refractivity (Wildman–Crippen MR) is 58.9 cm³/mol. The molecule has 5 heteroatoms. The molecule has 0 amide bonds. The molecule has 0 spiro atoms. The minimum atomic E-state index is 0.426. The van der Waals surface area contributed by atoms with E-state index in [4.69, 9.17) is 4.74 Å². The summed E-state index contributed by atoms with van der Waals surface area (Å²) in [6.07, 6.45) is 1.86. The molecule has 15 heavy (non-hydrogen) atoms. The van der Waals surface area contributed by atoms with Crippen LogP contribution in [0.4, 0.5) is 5.82 Å². The zero-order chi connectivity index (χ0) is 10.8.